The van der Waals surface area contributed by atoms with Crippen LogP contribution in [-0.4, -0.2) is 54.6 Å². The highest BCUT2D eigenvalue weighted by molar-refractivity contribution is 5.81. The molecule has 0 aliphatic carbocycles. The quantitative estimate of drug-likeness (QED) is 0.864. The van der Waals surface area contributed by atoms with Crippen molar-refractivity contribution in [2.24, 2.45) is 0 Å². The van der Waals surface area contributed by atoms with Crippen LogP contribution in [0.5, 0.6) is 5.75 Å². The average molecular weight is 354 g/mol. The third-order valence-corrected chi connectivity index (χ3v) is 4.28. The molecule has 1 N–H and O–H groups in total. The Balaban J connectivity index is 1.44. The fraction of sp³-hybridized carbons (Fsp3) is 0.400. The number of nitrogens with zero attached hydrogens (tertiary/aromatic N) is 3. The summed E-state index contributed by atoms with van der Waals surface area (Å²) in [5.74, 6) is 1.93. The first-order valence-electron chi connectivity index (χ1n) is 9.06. The SMILES string of the molecule is CC(C)Oc1ccc(NCC(=O)N2CCN(c3ccccn3)CC2)cc1. The Bertz CT molecular complexity index is 696. The summed E-state index contributed by atoms with van der Waals surface area (Å²) in [6.07, 6.45) is 1.95. The van der Waals surface area contributed by atoms with Crippen molar-refractivity contribution >= 4 is 17.4 Å². The standard InChI is InChI=1S/C20H26N4O2/c1-16(2)26-18-8-6-17(7-9-18)22-15-20(25)24-13-11-23(12-14-24)19-5-3-4-10-21-19/h3-10,16,22H,11-15H2,1-2H3. The Hall–Kier alpha value is -2.76. The van der Waals surface area contributed by atoms with Crippen LogP contribution in [-0.2, 0) is 4.79 Å². The minimum Gasteiger partial charge on any atom is -0.491 e. The van der Waals surface area contributed by atoms with Crippen molar-refractivity contribution in [3.63, 3.8) is 0 Å². The topological polar surface area (TPSA) is 57.7 Å². The zero-order valence-corrected chi connectivity index (χ0v) is 15.4. The Morgan fingerprint density at radius 3 is 2.46 bits per heavy atom. The lowest BCUT2D eigenvalue weighted by molar-refractivity contribution is -0.129. The first kappa shape index (κ1) is 18.0. The van der Waals surface area contributed by atoms with Crippen LogP contribution in [0.4, 0.5) is 11.5 Å². The van der Waals surface area contributed by atoms with Gasteiger partial charge in [-0.25, -0.2) is 4.98 Å². The molecular weight excluding hydrogens is 328 g/mol. The lowest BCUT2D eigenvalue weighted by Gasteiger charge is -2.35. The maximum absolute atomic E-state index is 12.4. The molecule has 1 saturated heterocycles. The highest BCUT2D eigenvalue weighted by Gasteiger charge is 2.21. The van der Waals surface area contributed by atoms with E-state index in [4.69, 9.17) is 4.74 Å². The number of anilines is 2. The van der Waals surface area contributed by atoms with Gasteiger partial charge in [0, 0.05) is 38.1 Å². The molecule has 1 fully saturated rings. The summed E-state index contributed by atoms with van der Waals surface area (Å²) >= 11 is 0. The van der Waals surface area contributed by atoms with E-state index in [0.717, 1.165) is 43.4 Å². The zero-order valence-electron chi connectivity index (χ0n) is 15.4. The molecule has 1 amide bonds. The van der Waals surface area contributed by atoms with Crippen molar-refractivity contribution in [3.05, 3.63) is 48.7 Å². The van der Waals surface area contributed by atoms with Gasteiger partial charge in [-0.2, -0.15) is 0 Å². The number of piperazine rings is 1. The lowest BCUT2D eigenvalue weighted by atomic mass is 10.2. The second kappa shape index (κ2) is 8.56. The van der Waals surface area contributed by atoms with Gasteiger partial charge in [-0.15, -0.1) is 0 Å². The van der Waals surface area contributed by atoms with Crippen LogP contribution in [0.2, 0.25) is 0 Å². The molecule has 0 radical (unpaired) electrons. The minimum atomic E-state index is 0.119. The van der Waals surface area contributed by atoms with Crippen molar-refractivity contribution in [2.75, 3.05) is 42.9 Å². The van der Waals surface area contributed by atoms with Gasteiger partial charge in [0.05, 0.1) is 12.6 Å². The smallest absolute Gasteiger partial charge is 0.241 e. The van der Waals surface area contributed by atoms with E-state index >= 15 is 0 Å². The molecule has 0 bridgehead atoms. The van der Waals surface area contributed by atoms with Gasteiger partial charge in [0.2, 0.25) is 5.91 Å². The summed E-state index contributed by atoms with van der Waals surface area (Å²) < 4.78 is 5.62. The summed E-state index contributed by atoms with van der Waals surface area (Å²) in [4.78, 5) is 20.9. The van der Waals surface area contributed by atoms with E-state index in [2.05, 4.69) is 15.2 Å². The van der Waals surface area contributed by atoms with Crippen LogP contribution < -0.4 is 15.0 Å². The molecule has 1 aromatic heterocycles. The average Bonchev–Trinajstić information content (AvgIpc) is 2.67. The van der Waals surface area contributed by atoms with Crippen molar-refractivity contribution in [3.8, 4) is 5.75 Å². The van der Waals surface area contributed by atoms with Crippen molar-refractivity contribution in [1.29, 1.82) is 0 Å². The Morgan fingerprint density at radius 1 is 1.12 bits per heavy atom. The Labute approximate surface area is 154 Å². The highest BCUT2D eigenvalue weighted by Crippen LogP contribution is 2.17. The van der Waals surface area contributed by atoms with Crippen LogP contribution in [0.1, 0.15) is 13.8 Å². The van der Waals surface area contributed by atoms with E-state index in [9.17, 15) is 4.79 Å². The predicted octanol–water partition coefficient (Wildman–Crippen LogP) is 2.63. The fourth-order valence-corrected chi connectivity index (χ4v) is 2.94. The molecule has 6 heteroatoms. The molecule has 6 nitrogen and oxygen atoms in total. The summed E-state index contributed by atoms with van der Waals surface area (Å²) in [6.45, 7) is 7.36. The molecule has 0 atom stereocenters. The molecule has 3 rings (SSSR count). The summed E-state index contributed by atoms with van der Waals surface area (Å²) in [5, 5.41) is 3.19. The van der Waals surface area contributed by atoms with Gasteiger partial charge in [0.15, 0.2) is 0 Å². The lowest BCUT2D eigenvalue weighted by Crippen LogP contribution is -2.50. The van der Waals surface area contributed by atoms with Crippen molar-refractivity contribution in [2.45, 2.75) is 20.0 Å². The molecular formula is C20H26N4O2. The third-order valence-electron chi connectivity index (χ3n) is 4.28. The molecule has 0 unspecified atom stereocenters. The summed E-state index contributed by atoms with van der Waals surface area (Å²) in [7, 11) is 0. The Kier molecular flexibility index (Phi) is 5.94. The first-order valence-corrected chi connectivity index (χ1v) is 9.06. The summed E-state index contributed by atoms with van der Waals surface area (Å²) in [6, 6.07) is 13.6. The maximum atomic E-state index is 12.4. The molecule has 1 aromatic carbocycles. The Morgan fingerprint density at radius 2 is 1.85 bits per heavy atom. The normalized spacial score (nSPS) is 14.4. The fourth-order valence-electron chi connectivity index (χ4n) is 2.94. The number of amides is 1. The van der Waals surface area contributed by atoms with Gasteiger partial charge in [-0.05, 0) is 50.2 Å². The molecule has 1 aliphatic heterocycles. The number of hydrogen-bond acceptors (Lipinski definition) is 5. The third kappa shape index (κ3) is 4.88. The molecule has 1 aliphatic rings. The second-order valence-electron chi connectivity index (χ2n) is 6.60. The van der Waals surface area contributed by atoms with Crippen LogP contribution in [0.25, 0.3) is 0 Å². The van der Waals surface area contributed by atoms with E-state index in [1.165, 1.54) is 0 Å². The van der Waals surface area contributed by atoms with E-state index < -0.39 is 0 Å². The zero-order chi connectivity index (χ0) is 18.4. The van der Waals surface area contributed by atoms with Gasteiger partial charge in [0.1, 0.15) is 11.6 Å². The molecule has 0 saturated carbocycles. The van der Waals surface area contributed by atoms with Crippen LogP contribution in [0, 0.1) is 0 Å². The van der Waals surface area contributed by atoms with E-state index in [0.29, 0.717) is 6.54 Å². The number of rotatable bonds is 6. The number of aromatic nitrogens is 1. The first-order chi connectivity index (χ1) is 12.6. The van der Waals surface area contributed by atoms with Gasteiger partial charge in [0.25, 0.3) is 0 Å². The highest BCUT2D eigenvalue weighted by atomic mass is 16.5. The van der Waals surface area contributed by atoms with E-state index in [-0.39, 0.29) is 12.0 Å². The molecule has 0 spiro atoms. The number of carbonyl (C=O) groups is 1. The van der Waals surface area contributed by atoms with Crippen LogP contribution in [0.3, 0.4) is 0 Å². The van der Waals surface area contributed by atoms with Gasteiger partial charge >= 0.3 is 0 Å². The number of nitrogens with one attached hydrogen (secondary N) is 1. The van der Waals surface area contributed by atoms with Gasteiger partial charge < -0.3 is 19.9 Å². The number of hydrogen-bond donors (Lipinski definition) is 1. The number of carbonyl (C=O) groups excluding carboxylic acids is 1. The predicted molar refractivity (Wildman–Crippen MR) is 104 cm³/mol. The molecule has 138 valence electrons. The summed E-state index contributed by atoms with van der Waals surface area (Å²) in [5.41, 5.74) is 0.918. The molecule has 2 aromatic rings. The number of pyridine rings is 1. The van der Waals surface area contributed by atoms with E-state index in [1.54, 1.807) is 6.20 Å². The van der Waals surface area contributed by atoms with Crippen molar-refractivity contribution < 1.29 is 9.53 Å². The van der Waals surface area contributed by atoms with Gasteiger partial charge in [-0.1, -0.05) is 6.07 Å². The number of ether oxygens (including phenoxy) is 1. The second-order valence-corrected chi connectivity index (χ2v) is 6.60. The van der Waals surface area contributed by atoms with Gasteiger partial charge in [-0.3, -0.25) is 4.79 Å². The molecule has 26 heavy (non-hydrogen) atoms. The maximum Gasteiger partial charge on any atom is 0.241 e. The minimum absolute atomic E-state index is 0.119. The monoisotopic (exact) mass is 354 g/mol. The van der Waals surface area contributed by atoms with Crippen LogP contribution in [0.15, 0.2) is 48.7 Å². The largest absolute Gasteiger partial charge is 0.491 e. The van der Waals surface area contributed by atoms with Crippen molar-refractivity contribution in [1.82, 2.24) is 9.88 Å². The number of benzene rings is 1. The van der Waals surface area contributed by atoms with Crippen LogP contribution >= 0.6 is 0 Å². The molecule has 2 heterocycles. The van der Waals surface area contributed by atoms with E-state index in [1.807, 2.05) is 61.2 Å².